The van der Waals surface area contributed by atoms with Crippen LogP contribution in [0.25, 0.3) is 5.57 Å². The minimum Gasteiger partial charge on any atom is -0.512 e. The molecule has 1 atom stereocenters. The summed E-state index contributed by atoms with van der Waals surface area (Å²) >= 11 is 0. The molecule has 2 rings (SSSR count). The van der Waals surface area contributed by atoms with Crippen LogP contribution in [-0.4, -0.2) is 31.4 Å². The summed E-state index contributed by atoms with van der Waals surface area (Å²) in [5, 5.41) is 9.87. The molecule has 7 heteroatoms. The molecule has 1 heterocycles. The van der Waals surface area contributed by atoms with Gasteiger partial charge in [-0.05, 0) is 31.9 Å². The topological polar surface area (TPSA) is 89.6 Å². The van der Waals surface area contributed by atoms with Gasteiger partial charge >= 0.3 is 0 Å². The number of oxazole rings is 1. The Morgan fingerprint density at radius 3 is 2.73 bits per heavy atom. The standard InChI is InChI=1S/C15H21NO5S/c1-9-7-12(8-10(2)14(9)17)15-16-13(11(3)21-15)5-6-20-22(4,18)19/h7,10,17H,5-6,8H2,1-4H3. The lowest BCUT2D eigenvalue weighted by atomic mass is 9.90. The fraction of sp³-hybridized carbons (Fsp3) is 0.533. The molecule has 0 saturated heterocycles. The minimum absolute atomic E-state index is 0.0317. The average molecular weight is 327 g/mol. The Morgan fingerprint density at radius 2 is 2.14 bits per heavy atom. The predicted octanol–water partition coefficient (Wildman–Crippen LogP) is 2.76. The maximum absolute atomic E-state index is 11.0. The molecule has 0 aromatic carbocycles. The number of aliphatic hydroxyl groups is 1. The van der Waals surface area contributed by atoms with Gasteiger partial charge in [0.25, 0.3) is 10.1 Å². The van der Waals surface area contributed by atoms with Crippen LogP contribution in [0.4, 0.5) is 0 Å². The maximum Gasteiger partial charge on any atom is 0.264 e. The van der Waals surface area contributed by atoms with Crippen LogP contribution in [0.2, 0.25) is 0 Å². The highest BCUT2D eigenvalue weighted by atomic mass is 32.2. The predicted molar refractivity (Wildman–Crippen MR) is 82.8 cm³/mol. The van der Waals surface area contributed by atoms with E-state index < -0.39 is 10.1 Å². The van der Waals surface area contributed by atoms with E-state index in [1.54, 1.807) is 6.92 Å². The molecule has 1 aliphatic carbocycles. The average Bonchev–Trinajstić information content (AvgIpc) is 2.75. The van der Waals surface area contributed by atoms with Gasteiger partial charge < -0.3 is 9.52 Å². The van der Waals surface area contributed by atoms with Crippen LogP contribution >= 0.6 is 0 Å². The first-order valence-electron chi connectivity index (χ1n) is 7.08. The van der Waals surface area contributed by atoms with E-state index in [0.29, 0.717) is 35.9 Å². The van der Waals surface area contributed by atoms with Crippen molar-refractivity contribution in [2.45, 2.75) is 33.6 Å². The third-order valence-corrected chi connectivity index (χ3v) is 4.19. The molecule has 22 heavy (non-hydrogen) atoms. The minimum atomic E-state index is -3.45. The number of allylic oxidation sites excluding steroid dienone is 4. The molecule has 1 aliphatic rings. The molecule has 0 bridgehead atoms. The quantitative estimate of drug-likeness (QED) is 0.836. The highest BCUT2D eigenvalue weighted by molar-refractivity contribution is 7.85. The fourth-order valence-corrected chi connectivity index (χ4v) is 2.83. The second-order valence-electron chi connectivity index (χ2n) is 5.64. The van der Waals surface area contributed by atoms with Gasteiger partial charge in [0, 0.05) is 17.9 Å². The van der Waals surface area contributed by atoms with Crippen LogP contribution in [-0.2, 0) is 20.7 Å². The molecule has 122 valence electrons. The summed E-state index contributed by atoms with van der Waals surface area (Å²) in [5.41, 5.74) is 2.43. The number of aliphatic hydroxyl groups excluding tert-OH is 1. The van der Waals surface area contributed by atoms with Crippen LogP contribution in [0.3, 0.4) is 0 Å². The van der Waals surface area contributed by atoms with Gasteiger partial charge in [0.05, 0.1) is 24.3 Å². The van der Waals surface area contributed by atoms with Crippen molar-refractivity contribution in [2.24, 2.45) is 5.92 Å². The van der Waals surface area contributed by atoms with Crippen LogP contribution in [0, 0.1) is 12.8 Å². The van der Waals surface area contributed by atoms with Crippen LogP contribution in [0.1, 0.15) is 37.6 Å². The molecule has 0 aliphatic heterocycles. The summed E-state index contributed by atoms with van der Waals surface area (Å²) in [6.45, 7) is 5.63. The van der Waals surface area contributed by atoms with Crippen molar-refractivity contribution in [3.8, 4) is 0 Å². The Labute approximate surface area is 130 Å². The Morgan fingerprint density at radius 1 is 1.45 bits per heavy atom. The van der Waals surface area contributed by atoms with Crippen molar-refractivity contribution in [1.29, 1.82) is 0 Å². The molecule has 1 aromatic rings. The number of hydrogen-bond acceptors (Lipinski definition) is 6. The van der Waals surface area contributed by atoms with E-state index >= 15 is 0 Å². The van der Waals surface area contributed by atoms with Crippen molar-refractivity contribution in [2.75, 3.05) is 12.9 Å². The fourth-order valence-electron chi connectivity index (χ4n) is 2.45. The summed E-state index contributed by atoms with van der Waals surface area (Å²) in [7, 11) is -3.45. The summed E-state index contributed by atoms with van der Waals surface area (Å²) in [5.74, 6) is 1.60. The molecule has 0 amide bonds. The molecular formula is C15H21NO5S. The molecule has 1 N–H and O–H groups in total. The first kappa shape index (κ1) is 16.8. The van der Waals surface area contributed by atoms with Gasteiger partial charge in [-0.1, -0.05) is 6.92 Å². The van der Waals surface area contributed by atoms with Gasteiger partial charge in [-0.25, -0.2) is 4.98 Å². The van der Waals surface area contributed by atoms with Crippen LogP contribution in [0.5, 0.6) is 0 Å². The molecule has 0 fully saturated rings. The van der Waals surface area contributed by atoms with E-state index in [2.05, 4.69) is 4.98 Å². The lowest BCUT2D eigenvalue weighted by Gasteiger charge is -2.18. The first-order valence-corrected chi connectivity index (χ1v) is 8.90. The summed E-state index contributed by atoms with van der Waals surface area (Å²) < 4.78 is 32.3. The Bertz CT molecular complexity index is 727. The molecule has 1 unspecified atom stereocenters. The molecule has 6 nitrogen and oxygen atoms in total. The van der Waals surface area contributed by atoms with Gasteiger partial charge in [-0.3, -0.25) is 4.18 Å². The maximum atomic E-state index is 11.0. The van der Waals surface area contributed by atoms with Crippen molar-refractivity contribution >= 4 is 15.7 Å². The normalized spacial score (nSPS) is 19.5. The second-order valence-corrected chi connectivity index (χ2v) is 7.28. The summed E-state index contributed by atoms with van der Waals surface area (Å²) in [6.07, 6.45) is 3.91. The van der Waals surface area contributed by atoms with E-state index in [1.807, 2.05) is 19.9 Å². The lowest BCUT2D eigenvalue weighted by molar-refractivity contribution is 0.324. The lowest BCUT2D eigenvalue weighted by Crippen LogP contribution is -2.08. The Balaban J connectivity index is 2.15. The monoisotopic (exact) mass is 327 g/mol. The number of rotatable bonds is 5. The van der Waals surface area contributed by atoms with Gasteiger partial charge in [0.15, 0.2) is 0 Å². The van der Waals surface area contributed by atoms with Crippen molar-refractivity contribution in [1.82, 2.24) is 4.98 Å². The number of aryl methyl sites for hydroxylation is 1. The van der Waals surface area contributed by atoms with Gasteiger partial charge in [-0.2, -0.15) is 8.42 Å². The van der Waals surface area contributed by atoms with Crippen LogP contribution in [0.15, 0.2) is 21.8 Å². The summed E-state index contributed by atoms with van der Waals surface area (Å²) in [4.78, 5) is 4.43. The van der Waals surface area contributed by atoms with Gasteiger partial charge in [0.1, 0.15) is 5.76 Å². The van der Waals surface area contributed by atoms with Gasteiger partial charge in [0.2, 0.25) is 5.89 Å². The first-order chi connectivity index (χ1) is 10.2. The van der Waals surface area contributed by atoms with E-state index in [1.165, 1.54) is 0 Å². The number of aromatic nitrogens is 1. The zero-order chi connectivity index (χ0) is 16.5. The highest BCUT2D eigenvalue weighted by Crippen LogP contribution is 2.33. The molecule has 0 radical (unpaired) electrons. The Kier molecular flexibility index (Phi) is 4.77. The zero-order valence-corrected chi connectivity index (χ0v) is 14.0. The molecular weight excluding hydrogens is 306 g/mol. The number of hydrogen-bond donors (Lipinski definition) is 1. The largest absolute Gasteiger partial charge is 0.512 e. The van der Waals surface area contributed by atoms with Crippen molar-refractivity contribution < 1.29 is 22.1 Å². The third kappa shape index (κ3) is 3.98. The molecule has 0 saturated carbocycles. The van der Waals surface area contributed by atoms with Gasteiger partial charge in [-0.15, -0.1) is 0 Å². The summed E-state index contributed by atoms with van der Waals surface area (Å²) in [6, 6.07) is 0. The smallest absolute Gasteiger partial charge is 0.264 e. The SMILES string of the molecule is CC1=C(O)C(C)CC(c2nc(CCOS(C)(=O)=O)c(C)o2)=C1. The van der Waals surface area contributed by atoms with E-state index in [9.17, 15) is 13.5 Å². The van der Waals surface area contributed by atoms with Crippen molar-refractivity contribution in [3.05, 3.63) is 34.8 Å². The Hall–Kier alpha value is -1.60. The highest BCUT2D eigenvalue weighted by Gasteiger charge is 2.22. The molecule has 1 aromatic heterocycles. The molecule has 0 spiro atoms. The van der Waals surface area contributed by atoms with E-state index in [-0.39, 0.29) is 12.5 Å². The van der Waals surface area contributed by atoms with Crippen molar-refractivity contribution in [3.63, 3.8) is 0 Å². The zero-order valence-electron chi connectivity index (χ0n) is 13.2. The third-order valence-electron chi connectivity index (χ3n) is 3.59. The number of nitrogens with zero attached hydrogens (tertiary/aromatic N) is 1. The van der Waals surface area contributed by atoms with E-state index in [0.717, 1.165) is 17.4 Å². The van der Waals surface area contributed by atoms with E-state index in [4.69, 9.17) is 8.60 Å². The van der Waals surface area contributed by atoms with Crippen LogP contribution < -0.4 is 0 Å². The second kappa shape index (κ2) is 6.26.